The SMILES string of the molecule is CCN1c2cc(C)c(/C=C3/C(=O)NC(=O)N(c4ccc(C)cc4)C3=O)cc2C(C)=CC1(C)C. The van der Waals surface area contributed by atoms with E-state index in [9.17, 15) is 14.4 Å². The summed E-state index contributed by atoms with van der Waals surface area (Å²) < 4.78 is 0. The standard InChI is InChI=1S/C27H29N3O3/c1-7-29-23-12-17(3)19(13-21(23)18(4)15-27(29,5)6)14-22-24(31)28-26(33)30(25(22)32)20-10-8-16(2)9-11-20/h8-15H,7H2,1-6H3,(H,28,31,33)/b22-14-. The Morgan fingerprint density at radius 1 is 1.00 bits per heavy atom. The number of nitrogens with one attached hydrogen (secondary N) is 1. The molecule has 2 aromatic carbocycles. The van der Waals surface area contributed by atoms with Crippen LogP contribution in [0.2, 0.25) is 0 Å². The first kappa shape index (κ1) is 22.5. The third-order valence-electron chi connectivity index (χ3n) is 6.38. The quantitative estimate of drug-likeness (QED) is 0.536. The number of allylic oxidation sites excluding steroid dienone is 1. The maximum absolute atomic E-state index is 13.2. The van der Waals surface area contributed by atoms with Gasteiger partial charge in [0.25, 0.3) is 11.8 Å². The number of barbiturate groups is 1. The molecule has 4 rings (SSSR count). The first-order valence-corrected chi connectivity index (χ1v) is 11.1. The van der Waals surface area contributed by atoms with E-state index < -0.39 is 17.8 Å². The molecule has 170 valence electrons. The molecule has 4 amide bonds. The van der Waals surface area contributed by atoms with Crippen LogP contribution in [0.1, 0.15) is 49.9 Å². The van der Waals surface area contributed by atoms with Crippen LogP contribution in [0, 0.1) is 13.8 Å². The highest BCUT2D eigenvalue weighted by Gasteiger charge is 2.37. The number of anilines is 2. The molecule has 1 saturated heterocycles. The van der Waals surface area contributed by atoms with Crippen LogP contribution in [-0.4, -0.2) is 29.9 Å². The monoisotopic (exact) mass is 443 g/mol. The molecule has 0 saturated carbocycles. The van der Waals surface area contributed by atoms with Crippen molar-refractivity contribution in [3.05, 3.63) is 70.3 Å². The van der Waals surface area contributed by atoms with Gasteiger partial charge in [0.05, 0.1) is 11.2 Å². The van der Waals surface area contributed by atoms with Crippen LogP contribution in [0.4, 0.5) is 16.2 Å². The van der Waals surface area contributed by atoms with Gasteiger partial charge in [-0.05, 0) is 88.6 Å². The Kier molecular flexibility index (Phi) is 5.48. The Balaban J connectivity index is 1.79. The summed E-state index contributed by atoms with van der Waals surface area (Å²) in [6.45, 7) is 13.3. The molecule has 0 unspecified atom stereocenters. The fourth-order valence-corrected chi connectivity index (χ4v) is 4.72. The van der Waals surface area contributed by atoms with E-state index in [1.807, 2.05) is 32.0 Å². The fourth-order valence-electron chi connectivity index (χ4n) is 4.72. The Labute approximate surface area is 194 Å². The number of imide groups is 2. The van der Waals surface area contributed by atoms with E-state index in [-0.39, 0.29) is 11.1 Å². The number of nitrogens with zero attached hydrogens (tertiary/aromatic N) is 2. The third kappa shape index (κ3) is 3.86. The summed E-state index contributed by atoms with van der Waals surface area (Å²) in [5.74, 6) is -1.32. The zero-order chi connectivity index (χ0) is 24.1. The highest BCUT2D eigenvalue weighted by Crippen LogP contribution is 2.40. The van der Waals surface area contributed by atoms with Gasteiger partial charge in [-0.2, -0.15) is 0 Å². The lowest BCUT2D eigenvalue weighted by atomic mass is 9.86. The number of carbonyl (C=O) groups is 3. The smallest absolute Gasteiger partial charge is 0.335 e. The lowest BCUT2D eigenvalue weighted by molar-refractivity contribution is -0.122. The van der Waals surface area contributed by atoms with Crippen molar-refractivity contribution in [3.8, 4) is 0 Å². The maximum Gasteiger partial charge on any atom is 0.335 e. The minimum absolute atomic E-state index is 0.0663. The number of carbonyl (C=O) groups excluding carboxylic acids is 3. The molecule has 0 radical (unpaired) electrons. The maximum atomic E-state index is 13.2. The van der Waals surface area contributed by atoms with Gasteiger partial charge >= 0.3 is 6.03 Å². The summed E-state index contributed by atoms with van der Waals surface area (Å²) in [5.41, 5.74) is 6.34. The average Bonchev–Trinajstić information content (AvgIpc) is 2.72. The Bertz CT molecular complexity index is 1240. The number of fused-ring (bicyclic) bond motifs is 1. The van der Waals surface area contributed by atoms with Crippen molar-refractivity contribution < 1.29 is 14.4 Å². The van der Waals surface area contributed by atoms with Crippen LogP contribution in [0.25, 0.3) is 11.6 Å². The number of amides is 4. The van der Waals surface area contributed by atoms with Gasteiger partial charge in [-0.25, -0.2) is 9.69 Å². The summed E-state index contributed by atoms with van der Waals surface area (Å²) >= 11 is 0. The largest absolute Gasteiger partial charge is 0.363 e. The summed E-state index contributed by atoms with van der Waals surface area (Å²) in [5, 5.41) is 2.30. The second-order valence-corrected chi connectivity index (χ2v) is 9.24. The van der Waals surface area contributed by atoms with Crippen molar-refractivity contribution in [2.24, 2.45) is 0 Å². The van der Waals surface area contributed by atoms with Gasteiger partial charge in [0, 0.05) is 17.8 Å². The van der Waals surface area contributed by atoms with E-state index in [1.54, 1.807) is 18.2 Å². The van der Waals surface area contributed by atoms with Crippen molar-refractivity contribution in [1.29, 1.82) is 0 Å². The molecule has 0 atom stereocenters. The van der Waals surface area contributed by atoms with Crippen molar-refractivity contribution >= 4 is 40.9 Å². The topological polar surface area (TPSA) is 69.7 Å². The number of urea groups is 1. The highest BCUT2D eigenvalue weighted by molar-refractivity contribution is 6.39. The predicted octanol–water partition coefficient (Wildman–Crippen LogP) is 4.99. The minimum Gasteiger partial charge on any atom is -0.363 e. The van der Waals surface area contributed by atoms with Crippen LogP contribution in [0.3, 0.4) is 0 Å². The van der Waals surface area contributed by atoms with Crippen molar-refractivity contribution in [2.75, 3.05) is 16.3 Å². The molecule has 0 spiro atoms. The van der Waals surface area contributed by atoms with E-state index in [4.69, 9.17) is 0 Å². The van der Waals surface area contributed by atoms with Crippen LogP contribution >= 0.6 is 0 Å². The Morgan fingerprint density at radius 3 is 2.30 bits per heavy atom. The molecule has 0 aromatic heterocycles. The van der Waals surface area contributed by atoms with Crippen LogP contribution in [0.15, 0.2) is 48.0 Å². The van der Waals surface area contributed by atoms with E-state index in [0.29, 0.717) is 5.69 Å². The minimum atomic E-state index is -0.743. The number of rotatable bonds is 3. The zero-order valence-electron chi connectivity index (χ0n) is 19.9. The van der Waals surface area contributed by atoms with Crippen molar-refractivity contribution in [2.45, 2.75) is 47.1 Å². The van der Waals surface area contributed by atoms with Gasteiger partial charge in [-0.1, -0.05) is 23.8 Å². The van der Waals surface area contributed by atoms with Crippen LogP contribution < -0.4 is 15.1 Å². The average molecular weight is 444 g/mol. The number of hydrogen-bond donors (Lipinski definition) is 1. The molecular formula is C27H29N3O3. The molecule has 2 aromatic rings. The summed E-state index contributed by atoms with van der Waals surface area (Å²) in [6, 6.07) is 10.4. The van der Waals surface area contributed by atoms with Gasteiger partial charge in [0.2, 0.25) is 0 Å². The van der Waals surface area contributed by atoms with Gasteiger partial charge < -0.3 is 4.90 Å². The molecule has 6 heteroatoms. The molecular weight excluding hydrogens is 414 g/mol. The molecule has 33 heavy (non-hydrogen) atoms. The first-order valence-electron chi connectivity index (χ1n) is 11.1. The first-order chi connectivity index (χ1) is 15.5. The molecule has 2 aliphatic rings. The van der Waals surface area contributed by atoms with E-state index in [0.717, 1.165) is 45.0 Å². The van der Waals surface area contributed by atoms with Gasteiger partial charge in [-0.3, -0.25) is 14.9 Å². The van der Waals surface area contributed by atoms with Crippen molar-refractivity contribution in [1.82, 2.24) is 5.32 Å². The molecule has 1 fully saturated rings. The van der Waals surface area contributed by atoms with Crippen molar-refractivity contribution in [3.63, 3.8) is 0 Å². The van der Waals surface area contributed by atoms with Gasteiger partial charge in [0.15, 0.2) is 0 Å². The van der Waals surface area contributed by atoms with Crippen LogP contribution in [-0.2, 0) is 9.59 Å². The normalized spacial score (nSPS) is 18.9. The Morgan fingerprint density at radius 2 is 1.67 bits per heavy atom. The number of benzene rings is 2. The number of likely N-dealkylation sites (N-methyl/N-ethyl adjacent to an activating group) is 1. The summed E-state index contributed by atoms with van der Waals surface area (Å²) in [4.78, 5) is 41.7. The third-order valence-corrected chi connectivity index (χ3v) is 6.38. The van der Waals surface area contributed by atoms with Gasteiger partial charge in [-0.15, -0.1) is 0 Å². The fraction of sp³-hybridized carbons (Fsp3) is 0.296. The summed E-state index contributed by atoms with van der Waals surface area (Å²) in [7, 11) is 0. The lowest BCUT2D eigenvalue weighted by Gasteiger charge is -2.43. The zero-order valence-corrected chi connectivity index (χ0v) is 19.9. The molecule has 2 heterocycles. The second-order valence-electron chi connectivity index (χ2n) is 9.24. The number of aryl methyl sites for hydroxylation is 2. The molecule has 1 N–H and O–H groups in total. The molecule has 6 nitrogen and oxygen atoms in total. The highest BCUT2D eigenvalue weighted by atomic mass is 16.2. The van der Waals surface area contributed by atoms with E-state index in [1.165, 1.54) is 0 Å². The lowest BCUT2D eigenvalue weighted by Crippen LogP contribution is -2.54. The molecule has 0 bridgehead atoms. The van der Waals surface area contributed by atoms with Crippen LogP contribution in [0.5, 0.6) is 0 Å². The predicted molar refractivity (Wildman–Crippen MR) is 132 cm³/mol. The second kappa shape index (κ2) is 8.03. The Hall–Kier alpha value is -3.67. The molecule has 0 aliphatic carbocycles. The summed E-state index contributed by atoms with van der Waals surface area (Å²) in [6.07, 6.45) is 3.82. The number of hydrogen-bond acceptors (Lipinski definition) is 4. The van der Waals surface area contributed by atoms with E-state index in [2.05, 4.69) is 50.1 Å². The van der Waals surface area contributed by atoms with E-state index >= 15 is 0 Å². The van der Waals surface area contributed by atoms with Gasteiger partial charge in [0.1, 0.15) is 5.57 Å². The molecule has 2 aliphatic heterocycles.